The summed E-state index contributed by atoms with van der Waals surface area (Å²) in [6.45, 7) is 0.704. The predicted octanol–water partition coefficient (Wildman–Crippen LogP) is 4.50. The Morgan fingerprint density at radius 2 is 2.11 bits per heavy atom. The molecule has 1 spiro atoms. The molecule has 178 valence electrons. The van der Waals surface area contributed by atoms with E-state index in [2.05, 4.69) is 20.4 Å². The molecule has 0 unspecified atom stereocenters. The third-order valence-electron chi connectivity index (χ3n) is 6.18. The Labute approximate surface area is 207 Å². The van der Waals surface area contributed by atoms with Crippen molar-refractivity contribution in [1.82, 2.24) is 24.6 Å². The van der Waals surface area contributed by atoms with Gasteiger partial charge in [-0.1, -0.05) is 23.7 Å². The normalized spacial score (nSPS) is 16.0. The first-order chi connectivity index (χ1) is 16.9. The number of amides is 1. The number of aryl methyl sites for hydroxylation is 1. The van der Waals surface area contributed by atoms with Crippen LogP contribution < -0.4 is 5.32 Å². The average Bonchev–Trinajstić information content (AvgIpc) is 3.43. The minimum absolute atomic E-state index is 0.0509. The van der Waals surface area contributed by atoms with Gasteiger partial charge in [0.25, 0.3) is 5.91 Å². The molecule has 0 aliphatic carbocycles. The van der Waals surface area contributed by atoms with Crippen LogP contribution in [0, 0.1) is 11.6 Å². The zero-order valence-corrected chi connectivity index (χ0v) is 19.8. The van der Waals surface area contributed by atoms with E-state index in [1.54, 1.807) is 47.1 Å². The van der Waals surface area contributed by atoms with Crippen molar-refractivity contribution < 1.29 is 18.3 Å². The molecule has 0 saturated carbocycles. The summed E-state index contributed by atoms with van der Waals surface area (Å²) in [4.78, 5) is 23.6. The van der Waals surface area contributed by atoms with Gasteiger partial charge in [0.15, 0.2) is 11.6 Å². The smallest absolute Gasteiger partial charge is 0.259 e. The van der Waals surface area contributed by atoms with Gasteiger partial charge in [0, 0.05) is 24.7 Å². The Hall–Kier alpha value is -3.41. The summed E-state index contributed by atoms with van der Waals surface area (Å²) in [5.41, 5.74) is -0.265. The molecule has 1 aromatic carbocycles. The Kier molecular flexibility index (Phi) is 5.09. The van der Waals surface area contributed by atoms with Gasteiger partial charge in [-0.25, -0.2) is 18.7 Å². The lowest BCUT2D eigenvalue weighted by Gasteiger charge is -2.45. The molecule has 0 atom stereocenters. The predicted molar refractivity (Wildman–Crippen MR) is 126 cm³/mol. The van der Waals surface area contributed by atoms with Crippen LogP contribution in [0.4, 0.5) is 20.5 Å². The second kappa shape index (κ2) is 8.08. The van der Waals surface area contributed by atoms with Gasteiger partial charge in [0.05, 0.1) is 40.9 Å². The van der Waals surface area contributed by atoms with Crippen molar-refractivity contribution >= 4 is 40.6 Å². The van der Waals surface area contributed by atoms with E-state index in [-0.39, 0.29) is 41.8 Å². The number of nitrogens with zero attached hydrogens (tertiary/aromatic N) is 5. The van der Waals surface area contributed by atoms with E-state index in [9.17, 15) is 9.18 Å². The number of halogens is 3. The Balaban J connectivity index is 1.38. The minimum atomic E-state index is -0.808. The molecule has 4 aromatic rings. The minimum Gasteiger partial charge on any atom is -0.376 e. The first kappa shape index (κ1) is 22.1. The lowest BCUT2D eigenvalue weighted by Crippen LogP contribution is -2.56. The zero-order valence-electron chi connectivity index (χ0n) is 18.3. The van der Waals surface area contributed by atoms with Gasteiger partial charge >= 0.3 is 0 Å². The molecular formula is C23H17ClF2N6O2S. The number of carbonyl (C=O) groups is 1. The largest absolute Gasteiger partial charge is 0.376 e. The van der Waals surface area contributed by atoms with Crippen LogP contribution in [0.15, 0.2) is 42.7 Å². The maximum atomic E-state index is 15.7. The van der Waals surface area contributed by atoms with Crippen LogP contribution >= 0.6 is 22.9 Å². The summed E-state index contributed by atoms with van der Waals surface area (Å²) >= 11 is 7.13. The van der Waals surface area contributed by atoms with Crippen LogP contribution in [0.1, 0.15) is 20.8 Å². The number of aromatic nitrogens is 4. The number of thiophene rings is 1. The molecule has 2 aliphatic heterocycles. The molecular weight excluding hydrogens is 498 g/mol. The van der Waals surface area contributed by atoms with Crippen molar-refractivity contribution in [2.45, 2.75) is 12.1 Å². The van der Waals surface area contributed by atoms with Gasteiger partial charge in [-0.3, -0.25) is 9.48 Å². The monoisotopic (exact) mass is 514 g/mol. The van der Waals surface area contributed by atoms with Crippen molar-refractivity contribution in [3.63, 3.8) is 0 Å². The Morgan fingerprint density at radius 3 is 2.80 bits per heavy atom. The Morgan fingerprint density at radius 1 is 1.29 bits per heavy atom. The second-order valence-corrected chi connectivity index (χ2v) is 9.81. The fourth-order valence-corrected chi connectivity index (χ4v) is 5.90. The molecule has 6 rings (SSSR count). The highest BCUT2D eigenvalue weighted by Crippen LogP contribution is 2.52. The van der Waals surface area contributed by atoms with Gasteiger partial charge in [0.2, 0.25) is 5.95 Å². The quantitative estimate of drug-likeness (QED) is 0.422. The van der Waals surface area contributed by atoms with E-state index in [1.165, 1.54) is 0 Å². The summed E-state index contributed by atoms with van der Waals surface area (Å²) < 4.78 is 37.6. The highest BCUT2D eigenvalue weighted by molar-refractivity contribution is 7.16. The van der Waals surface area contributed by atoms with Crippen LogP contribution in [0.5, 0.6) is 0 Å². The molecule has 2 aliphatic rings. The summed E-state index contributed by atoms with van der Waals surface area (Å²) in [7, 11) is 1.72. The van der Waals surface area contributed by atoms with Gasteiger partial charge in [-0.15, -0.1) is 11.3 Å². The van der Waals surface area contributed by atoms with E-state index in [0.29, 0.717) is 15.7 Å². The van der Waals surface area contributed by atoms with Crippen LogP contribution in [-0.2, 0) is 23.9 Å². The fourth-order valence-electron chi connectivity index (χ4n) is 4.36. The number of rotatable bonds is 5. The van der Waals surface area contributed by atoms with Crippen molar-refractivity contribution in [2.24, 2.45) is 7.05 Å². The van der Waals surface area contributed by atoms with E-state index >= 15 is 4.39 Å². The van der Waals surface area contributed by atoms with Gasteiger partial charge in [0.1, 0.15) is 17.1 Å². The molecule has 1 amide bonds. The van der Waals surface area contributed by atoms with E-state index in [4.69, 9.17) is 16.3 Å². The summed E-state index contributed by atoms with van der Waals surface area (Å²) in [6.07, 6.45) is 2.55. The number of hydrogen-bond acceptors (Lipinski definition) is 7. The zero-order chi connectivity index (χ0) is 24.3. The van der Waals surface area contributed by atoms with Crippen LogP contribution in [0.25, 0.3) is 10.6 Å². The first-order valence-electron chi connectivity index (χ1n) is 10.6. The van der Waals surface area contributed by atoms with Crippen LogP contribution in [0.2, 0.25) is 5.02 Å². The maximum absolute atomic E-state index is 15.7. The highest BCUT2D eigenvalue weighted by Gasteiger charge is 2.58. The molecule has 8 nitrogen and oxygen atoms in total. The molecule has 1 N–H and O–H groups in total. The number of fused-ring (bicyclic) bond motifs is 2. The van der Waals surface area contributed by atoms with Crippen molar-refractivity contribution in [3.8, 4) is 10.6 Å². The van der Waals surface area contributed by atoms with E-state index in [0.717, 1.165) is 23.1 Å². The number of benzene rings is 1. The number of nitrogens with one attached hydrogen (secondary N) is 1. The lowest BCUT2D eigenvalue weighted by molar-refractivity contribution is -0.126. The molecule has 0 bridgehead atoms. The van der Waals surface area contributed by atoms with Gasteiger partial charge in [-0.2, -0.15) is 5.10 Å². The molecule has 12 heteroatoms. The molecule has 0 radical (unpaired) electrons. The third-order valence-corrected chi connectivity index (χ3v) is 7.78. The molecule has 3 aromatic heterocycles. The molecule has 1 fully saturated rings. The second-order valence-electron chi connectivity index (χ2n) is 8.35. The highest BCUT2D eigenvalue weighted by atomic mass is 35.5. The average molecular weight is 515 g/mol. The topological polar surface area (TPSA) is 85.2 Å². The Bertz CT molecular complexity index is 1480. The van der Waals surface area contributed by atoms with Gasteiger partial charge < -0.3 is 15.0 Å². The maximum Gasteiger partial charge on any atom is 0.259 e. The summed E-state index contributed by atoms with van der Waals surface area (Å²) in [6, 6.07) is 8.86. The lowest BCUT2D eigenvalue weighted by atomic mass is 9.94. The van der Waals surface area contributed by atoms with E-state index in [1.807, 2.05) is 6.07 Å². The number of hydrogen-bond donors (Lipinski definition) is 1. The van der Waals surface area contributed by atoms with Crippen LogP contribution in [0.3, 0.4) is 0 Å². The van der Waals surface area contributed by atoms with Crippen molar-refractivity contribution in [1.29, 1.82) is 0 Å². The fraction of sp³-hybridized carbons (Fsp3) is 0.217. The molecule has 1 saturated heterocycles. The van der Waals surface area contributed by atoms with Crippen molar-refractivity contribution in [2.75, 3.05) is 18.5 Å². The van der Waals surface area contributed by atoms with E-state index < -0.39 is 23.1 Å². The van der Waals surface area contributed by atoms with Gasteiger partial charge in [-0.05, 0) is 17.7 Å². The molecule has 5 heterocycles. The summed E-state index contributed by atoms with van der Waals surface area (Å²) in [5.74, 6) is -1.39. The summed E-state index contributed by atoms with van der Waals surface area (Å²) in [5, 5.41) is 7.53. The van der Waals surface area contributed by atoms with Crippen molar-refractivity contribution in [3.05, 3.63) is 75.4 Å². The van der Waals surface area contributed by atoms with Crippen LogP contribution in [-0.4, -0.2) is 43.8 Å². The SMILES string of the molecule is Cn1nccc1Nc1ncc(F)c(-c2sc3c(c2F)C(=O)N(Cc2cccc(Cl)c2)C32COC2)n1. The molecule has 35 heavy (non-hydrogen) atoms. The number of anilines is 2. The number of ether oxygens (including phenoxy) is 1. The standard InChI is InChI=1S/C23H17ClF2N6O2S/c1-31-15(5-6-28-31)29-22-27-8-14(25)18(30-22)19-17(26)16-20(35-19)23(10-34-11-23)32(21(16)33)9-12-3-2-4-13(24)7-12/h2-8H,9-11H2,1H3,(H,27,29,30). The number of carbonyl (C=O) groups excluding carboxylic acids is 1. The third kappa shape index (κ3) is 3.41. The first-order valence-corrected chi connectivity index (χ1v) is 11.8.